The van der Waals surface area contributed by atoms with E-state index in [2.05, 4.69) is 6.92 Å². The lowest BCUT2D eigenvalue weighted by molar-refractivity contribution is -0.209. The molecule has 0 radical (unpaired) electrons. The van der Waals surface area contributed by atoms with Gasteiger partial charge in [0.1, 0.15) is 6.61 Å². The first-order valence-electron chi connectivity index (χ1n) is 10.2. The number of hydrogen-bond donors (Lipinski definition) is 2. The van der Waals surface area contributed by atoms with Crippen molar-refractivity contribution in [2.75, 3.05) is 6.61 Å². The van der Waals surface area contributed by atoms with Crippen molar-refractivity contribution in [3.05, 3.63) is 0 Å². The van der Waals surface area contributed by atoms with E-state index >= 15 is 0 Å². The molecule has 6 heteroatoms. The van der Waals surface area contributed by atoms with Crippen molar-refractivity contribution in [1.29, 1.82) is 0 Å². The normalized spacial score (nSPS) is 51.5. The summed E-state index contributed by atoms with van der Waals surface area (Å²) in [5, 5.41) is 20.8. The Kier molecular flexibility index (Phi) is 4.84. The second-order valence-electron chi connectivity index (χ2n) is 9.58. The van der Waals surface area contributed by atoms with Crippen molar-refractivity contribution in [2.24, 2.45) is 35.0 Å². The molecule has 0 amide bonds. The van der Waals surface area contributed by atoms with E-state index in [1.165, 1.54) is 0 Å². The molecule has 3 unspecified atom stereocenters. The van der Waals surface area contributed by atoms with Crippen LogP contribution in [0.5, 0.6) is 0 Å². The summed E-state index contributed by atoms with van der Waals surface area (Å²) < 4.78 is 42.7. The van der Waals surface area contributed by atoms with Gasteiger partial charge in [-0.15, -0.1) is 0 Å². The van der Waals surface area contributed by atoms with Crippen molar-refractivity contribution in [2.45, 2.75) is 82.8 Å². The van der Waals surface area contributed by atoms with Crippen LogP contribution in [0.3, 0.4) is 0 Å². The number of fused-ring (bicyclic) bond motifs is 5. The summed E-state index contributed by atoms with van der Waals surface area (Å²) in [6, 6.07) is 0. The maximum atomic E-state index is 12.5. The predicted octanol–water partition coefficient (Wildman–Crippen LogP) is 3.92. The van der Waals surface area contributed by atoms with Gasteiger partial charge in [0.2, 0.25) is 0 Å². The van der Waals surface area contributed by atoms with E-state index < -0.39 is 25.0 Å². The minimum atomic E-state index is -4.35. The molecule has 26 heavy (non-hydrogen) atoms. The molecule has 0 aromatic heterocycles. The SMILES string of the molecule is C[C@]12CC[C@H]3[C@@H](CCC4CC(O)C(OCC(F)(F)F)C[C@@H]43)[C@@H]1CC[C@@H]2O. The number of aliphatic hydroxyl groups is 2. The highest BCUT2D eigenvalue weighted by Crippen LogP contribution is 2.62. The lowest BCUT2D eigenvalue weighted by Gasteiger charge is -2.56. The fourth-order valence-electron chi connectivity index (χ4n) is 7.13. The van der Waals surface area contributed by atoms with Crippen molar-refractivity contribution in [3.8, 4) is 0 Å². The Morgan fingerprint density at radius 3 is 2.46 bits per heavy atom. The van der Waals surface area contributed by atoms with Gasteiger partial charge in [0.05, 0.1) is 18.3 Å². The molecular formula is C20H31F3O3. The molecule has 0 aliphatic heterocycles. The Bertz CT molecular complexity index is 525. The summed E-state index contributed by atoms with van der Waals surface area (Å²) in [4.78, 5) is 0. The van der Waals surface area contributed by atoms with Crippen molar-refractivity contribution < 1.29 is 28.1 Å². The number of rotatable bonds is 2. The highest BCUT2D eigenvalue weighted by Gasteiger charge is 2.57. The van der Waals surface area contributed by atoms with Gasteiger partial charge >= 0.3 is 6.18 Å². The summed E-state index contributed by atoms with van der Waals surface area (Å²) in [6.45, 7) is 0.963. The lowest BCUT2D eigenvalue weighted by Crippen LogP contribution is -2.52. The molecule has 150 valence electrons. The highest BCUT2D eigenvalue weighted by molar-refractivity contribution is 5.07. The van der Waals surface area contributed by atoms with Gasteiger partial charge in [0.15, 0.2) is 0 Å². The molecule has 0 heterocycles. The fraction of sp³-hybridized carbons (Fsp3) is 1.00. The number of hydrogen-bond acceptors (Lipinski definition) is 3. The molecule has 0 spiro atoms. The molecule has 0 aromatic carbocycles. The van der Waals surface area contributed by atoms with Gasteiger partial charge in [-0.3, -0.25) is 0 Å². The third kappa shape index (κ3) is 3.20. The van der Waals surface area contributed by atoms with E-state index in [9.17, 15) is 23.4 Å². The van der Waals surface area contributed by atoms with Crippen LogP contribution in [0.15, 0.2) is 0 Å². The van der Waals surface area contributed by atoms with Crippen LogP contribution in [-0.4, -0.2) is 41.3 Å². The second kappa shape index (κ2) is 6.63. The van der Waals surface area contributed by atoms with Crippen LogP contribution in [0.2, 0.25) is 0 Å². The molecule has 0 bridgehead atoms. The summed E-state index contributed by atoms with van der Waals surface area (Å²) in [7, 11) is 0. The van der Waals surface area contributed by atoms with Crippen molar-refractivity contribution in [1.82, 2.24) is 0 Å². The molecule has 3 nitrogen and oxygen atoms in total. The molecular weight excluding hydrogens is 345 g/mol. The van der Waals surface area contributed by atoms with Crippen LogP contribution in [0, 0.1) is 35.0 Å². The molecule has 4 rings (SSSR count). The van der Waals surface area contributed by atoms with E-state index in [0.29, 0.717) is 42.4 Å². The Labute approximate surface area is 153 Å². The maximum absolute atomic E-state index is 12.5. The largest absolute Gasteiger partial charge is 0.411 e. The van der Waals surface area contributed by atoms with Crippen LogP contribution in [0.1, 0.15) is 58.3 Å². The van der Waals surface area contributed by atoms with E-state index in [1.807, 2.05) is 0 Å². The quantitative estimate of drug-likeness (QED) is 0.768. The van der Waals surface area contributed by atoms with Crippen molar-refractivity contribution >= 4 is 0 Å². The zero-order valence-corrected chi connectivity index (χ0v) is 15.4. The van der Waals surface area contributed by atoms with E-state index in [0.717, 1.165) is 38.5 Å². The Balaban J connectivity index is 1.47. The molecule has 9 atom stereocenters. The number of halogens is 3. The lowest BCUT2D eigenvalue weighted by atomic mass is 9.50. The van der Waals surface area contributed by atoms with Gasteiger partial charge in [-0.2, -0.15) is 13.2 Å². The van der Waals surface area contributed by atoms with Crippen LogP contribution in [0.4, 0.5) is 13.2 Å². The zero-order chi connectivity index (χ0) is 18.7. The fourth-order valence-corrected chi connectivity index (χ4v) is 7.13. The summed E-state index contributed by atoms with van der Waals surface area (Å²) in [5.41, 5.74) is 0.0222. The number of aliphatic hydroxyl groups excluding tert-OH is 2. The van der Waals surface area contributed by atoms with Crippen LogP contribution >= 0.6 is 0 Å². The monoisotopic (exact) mass is 376 g/mol. The smallest absolute Gasteiger partial charge is 0.393 e. The third-order valence-electron chi connectivity index (χ3n) is 8.41. The van der Waals surface area contributed by atoms with Crippen LogP contribution < -0.4 is 0 Å². The Morgan fingerprint density at radius 1 is 0.962 bits per heavy atom. The first-order valence-corrected chi connectivity index (χ1v) is 10.2. The highest BCUT2D eigenvalue weighted by atomic mass is 19.4. The van der Waals surface area contributed by atoms with Gasteiger partial charge in [0, 0.05) is 0 Å². The van der Waals surface area contributed by atoms with Gasteiger partial charge in [-0.05, 0) is 86.4 Å². The van der Waals surface area contributed by atoms with Gasteiger partial charge < -0.3 is 14.9 Å². The molecule has 4 aliphatic rings. The zero-order valence-electron chi connectivity index (χ0n) is 15.4. The summed E-state index contributed by atoms with van der Waals surface area (Å²) in [5.74, 6) is 2.40. The minimum absolute atomic E-state index is 0.0222. The van der Waals surface area contributed by atoms with Gasteiger partial charge in [0.25, 0.3) is 0 Å². The average Bonchev–Trinajstić information content (AvgIpc) is 2.87. The van der Waals surface area contributed by atoms with E-state index in [4.69, 9.17) is 4.74 Å². The first kappa shape index (κ1) is 19.0. The first-order chi connectivity index (χ1) is 12.2. The third-order valence-corrected chi connectivity index (χ3v) is 8.41. The van der Waals surface area contributed by atoms with Gasteiger partial charge in [-0.25, -0.2) is 0 Å². The molecule has 4 aliphatic carbocycles. The van der Waals surface area contributed by atoms with E-state index in [1.54, 1.807) is 0 Å². The molecule has 0 saturated heterocycles. The van der Waals surface area contributed by atoms with E-state index in [-0.39, 0.29) is 11.5 Å². The molecule has 0 aromatic rings. The van der Waals surface area contributed by atoms with Crippen LogP contribution in [0.25, 0.3) is 0 Å². The number of alkyl halides is 3. The molecule has 4 saturated carbocycles. The minimum Gasteiger partial charge on any atom is -0.393 e. The summed E-state index contributed by atoms with van der Waals surface area (Å²) >= 11 is 0. The standard InChI is InChI=1S/C20H31F3O3/c1-19-7-6-12-13(15(19)4-5-18(19)25)3-2-11-8-16(24)17(9-14(11)12)26-10-20(21,22)23/h11-18,24-25H,2-10H2,1H3/t11?,12-,13+,14-,15-,16?,17?,18-,19-/m0/s1. The summed E-state index contributed by atoms with van der Waals surface area (Å²) in [6.07, 6.45) is 1.31. The number of ether oxygens (including phenoxy) is 1. The predicted molar refractivity (Wildman–Crippen MR) is 90.3 cm³/mol. The molecule has 2 N–H and O–H groups in total. The topological polar surface area (TPSA) is 49.7 Å². The molecule has 4 fully saturated rings. The van der Waals surface area contributed by atoms with Gasteiger partial charge in [-0.1, -0.05) is 6.92 Å². The Morgan fingerprint density at radius 2 is 1.73 bits per heavy atom. The maximum Gasteiger partial charge on any atom is 0.411 e. The average molecular weight is 376 g/mol. The Hall–Kier alpha value is -0.330. The van der Waals surface area contributed by atoms with Crippen LogP contribution in [-0.2, 0) is 4.74 Å². The second-order valence-corrected chi connectivity index (χ2v) is 9.58. The van der Waals surface area contributed by atoms with Crippen molar-refractivity contribution in [3.63, 3.8) is 0 Å².